The Bertz CT molecular complexity index is 860. The van der Waals surface area contributed by atoms with E-state index in [0.717, 1.165) is 6.42 Å². The molecule has 0 aromatic heterocycles. The molecule has 1 aliphatic rings. The fourth-order valence-corrected chi connectivity index (χ4v) is 2.79. The monoisotopic (exact) mass is 387 g/mol. The summed E-state index contributed by atoms with van der Waals surface area (Å²) in [5, 5.41) is 9.21. The first-order chi connectivity index (χ1) is 13.1. The molecule has 2 aromatic carbocycles. The maximum atomic E-state index is 12.2. The number of fused-ring (bicyclic) bond motifs is 1. The summed E-state index contributed by atoms with van der Waals surface area (Å²) in [5.41, 5.74) is 1.21. The van der Waals surface area contributed by atoms with Gasteiger partial charge in [0.1, 0.15) is 12.4 Å². The van der Waals surface area contributed by atoms with Gasteiger partial charge in [-0.25, -0.2) is 4.79 Å². The molecule has 7 heteroatoms. The van der Waals surface area contributed by atoms with Crippen LogP contribution in [0.1, 0.15) is 24.5 Å². The average molecular weight is 388 g/mol. The Morgan fingerprint density at radius 3 is 2.74 bits per heavy atom. The molecule has 0 fully saturated rings. The Balaban J connectivity index is 1.59. The molecular formula is C20H18ClNO5. The molecule has 0 spiro atoms. The quantitative estimate of drug-likeness (QED) is 0.724. The van der Waals surface area contributed by atoms with Crippen molar-refractivity contribution in [2.75, 3.05) is 13.2 Å². The predicted molar refractivity (Wildman–Crippen MR) is 98.1 cm³/mol. The maximum absolute atomic E-state index is 12.2. The lowest BCUT2D eigenvalue weighted by Crippen LogP contribution is -2.26. The molecule has 0 saturated carbocycles. The molecule has 140 valence electrons. The van der Waals surface area contributed by atoms with Crippen molar-refractivity contribution in [2.24, 2.45) is 0 Å². The zero-order chi connectivity index (χ0) is 19.2. The zero-order valence-electron chi connectivity index (χ0n) is 14.7. The highest BCUT2D eigenvalue weighted by atomic mass is 35.5. The third-order valence-electron chi connectivity index (χ3n) is 3.87. The summed E-state index contributed by atoms with van der Waals surface area (Å²) in [4.78, 5) is 12.2. The van der Waals surface area contributed by atoms with E-state index in [0.29, 0.717) is 46.6 Å². The number of halogens is 1. The van der Waals surface area contributed by atoms with Crippen LogP contribution in [0, 0.1) is 11.3 Å². The molecule has 6 nitrogen and oxygen atoms in total. The normalized spacial score (nSPS) is 13.8. The summed E-state index contributed by atoms with van der Waals surface area (Å²) in [7, 11) is 0. The van der Waals surface area contributed by atoms with Crippen molar-refractivity contribution >= 4 is 17.6 Å². The Morgan fingerprint density at radius 2 is 2.00 bits per heavy atom. The van der Waals surface area contributed by atoms with E-state index in [-0.39, 0.29) is 6.61 Å². The van der Waals surface area contributed by atoms with E-state index in [1.165, 1.54) is 0 Å². The second-order valence-electron chi connectivity index (χ2n) is 5.96. The van der Waals surface area contributed by atoms with Gasteiger partial charge in [0.15, 0.2) is 17.6 Å². The molecular weight excluding hydrogens is 370 g/mol. The van der Waals surface area contributed by atoms with E-state index in [4.69, 9.17) is 35.8 Å². The lowest BCUT2D eigenvalue weighted by molar-refractivity contribution is -0.152. The van der Waals surface area contributed by atoms with Gasteiger partial charge in [-0.05, 0) is 48.9 Å². The molecule has 0 aliphatic carbocycles. The molecule has 1 aliphatic heterocycles. The van der Waals surface area contributed by atoms with Crippen molar-refractivity contribution in [3.05, 3.63) is 52.5 Å². The highest BCUT2D eigenvalue weighted by Crippen LogP contribution is 2.38. The Hall–Kier alpha value is -2.91. The third kappa shape index (κ3) is 4.83. The van der Waals surface area contributed by atoms with Gasteiger partial charge in [-0.15, -0.1) is 0 Å². The van der Waals surface area contributed by atoms with Gasteiger partial charge in [-0.2, -0.15) is 5.26 Å². The van der Waals surface area contributed by atoms with Crippen molar-refractivity contribution in [3.63, 3.8) is 0 Å². The number of nitriles is 1. The standard InChI is InChI=1S/C20H18ClNO5/c1-13(27-16-5-3-14(11-22)4-6-16)20(23)26-12-15-9-17(21)19-18(10-15)24-7-2-8-25-19/h3-6,9-10,13H,2,7-8,12H2,1H3. The molecule has 0 amide bonds. The van der Waals surface area contributed by atoms with E-state index in [1.807, 2.05) is 6.07 Å². The van der Waals surface area contributed by atoms with Crippen LogP contribution in [0.4, 0.5) is 0 Å². The minimum absolute atomic E-state index is 0.0380. The van der Waals surface area contributed by atoms with E-state index in [2.05, 4.69) is 0 Å². The van der Waals surface area contributed by atoms with Crippen molar-refractivity contribution in [1.29, 1.82) is 5.26 Å². The molecule has 1 heterocycles. The van der Waals surface area contributed by atoms with E-state index < -0.39 is 12.1 Å². The van der Waals surface area contributed by atoms with Gasteiger partial charge in [0.05, 0.1) is 29.9 Å². The summed E-state index contributed by atoms with van der Waals surface area (Å²) >= 11 is 6.24. The number of rotatable bonds is 5. The highest BCUT2D eigenvalue weighted by Gasteiger charge is 2.19. The van der Waals surface area contributed by atoms with Gasteiger partial charge in [0.25, 0.3) is 0 Å². The first-order valence-corrected chi connectivity index (χ1v) is 8.86. The van der Waals surface area contributed by atoms with Crippen molar-refractivity contribution in [1.82, 2.24) is 0 Å². The summed E-state index contributed by atoms with van der Waals surface area (Å²) in [6, 6.07) is 12.0. The Labute approximate surface area is 162 Å². The zero-order valence-corrected chi connectivity index (χ0v) is 15.5. The number of carbonyl (C=O) groups is 1. The lowest BCUT2D eigenvalue weighted by Gasteiger charge is -2.15. The van der Waals surface area contributed by atoms with E-state index in [9.17, 15) is 4.79 Å². The van der Waals surface area contributed by atoms with Gasteiger partial charge in [0.2, 0.25) is 0 Å². The van der Waals surface area contributed by atoms with Crippen LogP contribution in [0.5, 0.6) is 17.2 Å². The fraction of sp³-hybridized carbons (Fsp3) is 0.300. The van der Waals surface area contributed by atoms with Crippen LogP contribution in [0.25, 0.3) is 0 Å². The molecule has 0 saturated heterocycles. The summed E-state index contributed by atoms with van der Waals surface area (Å²) in [6.45, 7) is 2.73. The summed E-state index contributed by atoms with van der Waals surface area (Å²) in [6.07, 6.45) is -0.0201. The van der Waals surface area contributed by atoms with E-state index >= 15 is 0 Å². The average Bonchev–Trinajstić information content (AvgIpc) is 2.92. The van der Waals surface area contributed by atoms with Crippen LogP contribution in [-0.4, -0.2) is 25.3 Å². The Kier molecular flexibility index (Phi) is 6.05. The molecule has 2 aromatic rings. The van der Waals surface area contributed by atoms with Gasteiger partial charge < -0.3 is 18.9 Å². The second-order valence-corrected chi connectivity index (χ2v) is 6.37. The van der Waals surface area contributed by atoms with Crippen LogP contribution in [-0.2, 0) is 16.1 Å². The fourth-order valence-electron chi connectivity index (χ4n) is 2.50. The molecule has 27 heavy (non-hydrogen) atoms. The molecule has 0 bridgehead atoms. The predicted octanol–water partition coefficient (Wildman–Crippen LogP) is 3.88. The lowest BCUT2D eigenvalue weighted by atomic mass is 10.2. The minimum Gasteiger partial charge on any atom is -0.489 e. The summed E-state index contributed by atoms with van der Waals surface area (Å²) < 4.78 is 22.1. The molecule has 1 unspecified atom stereocenters. The smallest absolute Gasteiger partial charge is 0.347 e. The first-order valence-electron chi connectivity index (χ1n) is 8.48. The number of ether oxygens (including phenoxy) is 4. The number of nitrogens with zero attached hydrogens (tertiary/aromatic N) is 1. The molecule has 1 atom stereocenters. The summed E-state index contributed by atoms with van der Waals surface area (Å²) in [5.74, 6) is 1.04. The number of benzene rings is 2. The van der Waals surface area contributed by atoms with Crippen LogP contribution in [0.15, 0.2) is 36.4 Å². The van der Waals surface area contributed by atoms with Crippen LogP contribution >= 0.6 is 11.6 Å². The number of esters is 1. The maximum Gasteiger partial charge on any atom is 0.347 e. The SMILES string of the molecule is CC(Oc1ccc(C#N)cc1)C(=O)OCc1cc(Cl)c2c(c1)OCCCO2. The topological polar surface area (TPSA) is 77.8 Å². The van der Waals surface area contributed by atoms with Gasteiger partial charge >= 0.3 is 5.97 Å². The number of hydrogen-bond donors (Lipinski definition) is 0. The highest BCUT2D eigenvalue weighted by molar-refractivity contribution is 6.32. The molecule has 0 radical (unpaired) electrons. The van der Waals surface area contributed by atoms with Crippen molar-refractivity contribution < 1.29 is 23.7 Å². The molecule has 0 N–H and O–H groups in total. The number of hydrogen-bond acceptors (Lipinski definition) is 6. The Morgan fingerprint density at radius 1 is 1.26 bits per heavy atom. The van der Waals surface area contributed by atoms with Crippen LogP contribution in [0.3, 0.4) is 0 Å². The number of carbonyl (C=O) groups excluding carboxylic acids is 1. The van der Waals surface area contributed by atoms with Gasteiger partial charge in [-0.1, -0.05) is 11.6 Å². The third-order valence-corrected chi connectivity index (χ3v) is 4.15. The largest absolute Gasteiger partial charge is 0.489 e. The molecule has 3 rings (SSSR count). The van der Waals surface area contributed by atoms with Crippen molar-refractivity contribution in [3.8, 4) is 23.3 Å². The van der Waals surface area contributed by atoms with Crippen LogP contribution in [0.2, 0.25) is 5.02 Å². The van der Waals surface area contributed by atoms with E-state index in [1.54, 1.807) is 43.3 Å². The minimum atomic E-state index is -0.797. The van der Waals surface area contributed by atoms with Crippen LogP contribution < -0.4 is 14.2 Å². The van der Waals surface area contributed by atoms with Gasteiger partial charge in [0, 0.05) is 6.42 Å². The first kappa shape index (κ1) is 18.9. The van der Waals surface area contributed by atoms with Gasteiger partial charge in [-0.3, -0.25) is 0 Å². The van der Waals surface area contributed by atoms with Crippen molar-refractivity contribution in [2.45, 2.75) is 26.1 Å². The second kappa shape index (κ2) is 8.65.